The molecule has 0 fully saturated rings. The lowest BCUT2D eigenvalue weighted by atomic mass is 9.90. The van der Waals surface area contributed by atoms with Crippen molar-refractivity contribution in [1.82, 2.24) is 0 Å². The lowest BCUT2D eigenvalue weighted by molar-refractivity contribution is -0.145. The number of carbonyl (C=O) groups excluding carboxylic acids is 2. The highest BCUT2D eigenvalue weighted by molar-refractivity contribution is 5.99. The summed E-state index contributed by atoms with van der Waals surface area (Å²) in [6.07, 6.45) is -0.254. The molecule has 0 spiro atoms. The predicted octanol–water partition coefficient (Wildman–Crippen LogP) is 2.98. The molecule has 3 nitrogen and oxygen atoms in total. The topological polar surface area (TPSA) is 43.4 Å². The van der Waals surface area contributed by atoms with Crippen molar-refractivity contribution < 1.29 is 23.1 Å². The molecule has 0 N–H and O–H groups in total. The fourth-order valence-electron chi connectivity index (χ4n) is 1.91. The molecule has 1 atom stereocenters. The van der Waals surface area contributed by atoms with Gasteiger partial charge >= 0.3 is 5.97 Å². The number of esters is 1. The summed E-state index contributed by atoms with van der Waals surface area (Å²) in [5.41, 5.74) is -0.278. The van der Waals surface area contributed by atoms with Crippen molar-refractivity contribution in [3.63, 3.8) is 0 Å². The van der Waals surface area contributed by atoms with Crippen LogP contribution in [0.25, 0.3) is 0 Å². The molecule has 0 bridgehead atoms. The second-order valence-electron chi connectivity index (χ2n) is 4.04. The summed E-state index contributed by atoms with van der Waals surface area (Å²) in [6, 6.07) is 3.42. The molecule has 1 rings (SSSR count). The number of carbonyl (C=O) groups is 2. The van der Waals surface area contributed by atoms with Gasteiger partial charge in [-0.1, -0.05) is 13.0 Å². The Morgan fingerprint density at radius 1 is 1.21 bits per heavy atom. The minimum absolute atomic E-state index is 0.164. The number of ketones is 1. The second-order valence-corrected chi connectivity index (χ2v) is 4.04. The maximum absolute atomic E-state index is 13.6. The molecule has 0 aliphatic heterocycles. The Labute approximate surface area is 110 Å². The molecule has 0 aromatic heterocycles. The average Bonchev–Trinajstić information content (AvgIpc) is 2.34. The molecular formula is C14H16F2O3. The van der Waals surface area contributed by atoms with E-state index < -0.39 is 35.7 Å². The van der Waals surface area contributed by atoms with Gasteiger partial charge in [0.25, 0.3) is 0 Å². The summed E-state index contributed by atoms with van der Waals surface area (Å²) in [6.45, 7) is 3.42. The van der Waals surface area contributed by atoms with Gasteiger partial charge in [0.15, 0.2) is 5.78 Å². The molecule has 0 saturated heterocycles. The smallest absolute Gasteiger partial charge is 0.313 e. The van der Waals surface area contributed by atoms with Gasteiger partial charge in [-0.3, -0.25) is 9.59 Å². The van der Waals surface area contributed by atoms with E-state index in [1.54, 1.807) is 13.8 Å². The van der Waals surface area contributed by atoms with Crippen molar-refractivity contribution in [2.45, 2.75) is 32.6 Å². The first-order valence-corrected chi connectivity index (χ1v) is 6.13. The van der Waals surface area contributed by atoms with Crippen LogP contribution in [0.4, 0.5) is 8.78 Å². The van der Waals surface area contributed by atoms with Crippen LogP contribution in [-0.4, -0.2) is 18.4 Å². The fourth-order valence-corrected chi connectivity index (χ4v) is 1.91. The number of ether oxygens (including phenoxy) is 1. The Balaban J connectivity index is 2.94. The molecule has 5 heteroatoms. The number of Topliss-reactive ketones (excluding diaryl/α,β-unsaturated/α-hetero) is 1. The standard InChI is InChI=1S/C14H16F2O3/c1-3-9(12(17)8-13(18)19-4-2)14-10(15)6-5-7-11(14)16/h5-7,9H,3-4,8H2,1-2H3. The van der Waals surface area contributed by atoms with Crippen LogP contribution in [0, 0.1) is 11.6 Å². The summed E-state index contributed by atoms with van der Waals surface area (Å²) < 4.78 is 31.9. The molecule has 1 aromatic rings. The van der Waals surface area contributed by atoms with Gasteiger partial charge in [-0.05, 0) is 25.5 Å². The van der Waals surface area contributed by atoms with E-state index in [4.69, 9.17) is 0 Å². The number of hydrogen-bond acceptors (Lipinski definition) is 3. The molecular weight excluding hydrogens is 254 g/mol. The highest BCUT2D eigenvalue weighted by atomic mass is 19.1. The average molecular weight is 270 g/mol. The molecule has 1 unspecified atom stereocenters. The number of halogens is 2. The van der Waals surface area contributed by atoms with E-state index >= 15 is 0 Å². The maximum atomic E-state index is 13.6. The fraction of sp³-hybridized carbons (Fsp3) is 0.429. The Bertz CT molecular complexity index is 452. The van der Waals surface area contributed by atoms with Crippen molar-refractivity contribution in [3.8, 4) is 0 Å². The minimum Gasteiger partial charge on any atom is -0.466 e. The largest absolute Gasteiger partial charge is 0.466 e. The van der Waals surface area contributed by atoms with Crippen molar-refractivity contribution in [3.05, 3.63) is 35.4 Å². The van der Waals surface area contributed by atoms with E-state index in [1.807, 2.05) is 0 Å². The molecule has 104 valence electrons. The van der Waals surface area contributed by atoms with Crippen molar-refractivity contribution >= 4 is 11.8 Å². The predicted molar refractivity (Wildman–Crippen MR) is 65.6 cm³/mol. The van der Waals surface area contributed by atoms with Crippen molar-refractivity contribution in [2.75, 3.05) is 6.61 Å². The Kier molecular flexibility index (Phi) is 5.60. The van der Waals surface area contributed by atoms with Crippen molar-refractivity contribution in [2.24, 2.45) is 0 Å². The second kappa shape index (κ2) is 6.97. The van der Waals surface area contributed by atoms with Crippen LogP contribution in [0.5, 0.6) is 0 Å². The zero-order chi connectivity index (χ0) is 14.4. The van der Waals surface area contributed by atoms with Gasteiger partial charge in [0.1, 0.15) is 18.1 Å². The van der Waals surface area contributed by atoms with Gasteiger partial charge < -0.3 is 4.74 Å². The molecule has 19 heavy (non-hydrogen) atoms. The summed E-state index contributed by atoms with van der Waals surface area (Å²) in [7, 11) is 0. The summed E-state index contributed by atoms with van der Waals surface area (Å²) in [5.74, 6) is -3.73. The van der Waals surface area contributed by atoms with Crippen LogP contribution in [0.15, 0.2) is 18.2 Å². The molecule has 0 aliphatic carbocycles. The lowest BCUT2D eigenvalue weighted by Crippen LogP contribution is -2.19. The molecule has 1 aromatic carbocycles. The van der Waals surface area contributed by atoms with E-state index in [1.165, 1.54) is 6.07 Å². The Hall–Kier alpha value is -1.78. The first-order chi connectivity index (χ1) is 9.01. The number of hydrogen-bond donors (Lipinski definition) is 0. The van der Waals surface area contributed by atoms with Crippen LogP contribution in [0.2, 0.25) is 0 Å². The third-order valence-corrected chi connectivity index (χ3v) is 2.77. The quantitative estimate of drug-likeness (QED) is 0.589. The van der Waals surface area contributed by atoms with Crippen LogP contribution in [-0.2, 0) is 14.3 Å². The van der Waals surface area contributed by atoms with Crippen LogP contribution in [0.3, 0.4) is 0 Å². The monoisotopic (exact) mass is 270 g/mol. The SMILES string of the molecule is CCOC(=O)CC(=O)C(CC)c1c(F)cccc1F. The molecule has 0 saturated carbocycles. The van der Waals surface area contributed by atoms with Gasteiger partial charge in [0.05, 0.1) is 6.61 Å². The van der Waals surface area contributed by atoms with E-state index in [0.29, 0.717) is 0 Å². The number of benzene rings is 1. The Morgan fingerprint density at radius 2 is 1.79 bits per heavy atom. The first kappa shape index (κ1) is 15.3. The molecule has 0 heterocycles. The van der Waals surface area contributed by atoms with Gasteiger partial charge in [-0.2, -0.15) is 0 Å². The van der Waals surface area contributed by atoms with Gasteiger partial charge in [-0.15, -0.1) is 0 Å². The van der Waals surface area contributed by atoms with Crippen LogP contribution in [0.1, 0.15) is 38.2 Å². The van der Waals surface area contributed by atoms with Gasteiger partial charge in [0.2, 0.25) is 0 Å². The third-order valence-electron chi connectivity index (χ3n) is 2.77. The van der Waals surface area contributed by atoms with E-state index in [9.17, 15) is 18.4 Å². The van der Waals surface area contributed by atoms with Crippen LogP contribution >= 0.6 is 0 Å². The minimum atomic E-state index is -0.967. The van der Waals surface area contributed by atoms with Crippen LogP contribution < -0.4 is 0 Å². The molecule has 0 aliphatic rings. The van der Waals surface area contributed by atoms with Gasteiger partial charge in [0, 0.05) is 11.5 Å². The Morgan fingerprint density at radius 3 is 2.26 bits per heavy atom. The normalized spacial score (nSPS) is 12.0. The first-order valence-electron chi connectivity index (χ1n) is 6.13. The molecule has 0 amide bonds. The summed E-state index contributed by atoms with van der Waals surface area (Å²) >= 11 is 0. The van der Waals surface area contributed by atoms with E-state index in [0.717, 1.165) is 12.1 Å². The highest BCUT2D eigenvalue weighted by Gasteiger charge is 2.27. The molecule has 0 radical (unpaired) electrons. The van der Waals surface area contributed by atoms with E-state index in [2.05, 4.69) is 4.74 Å². The maximum Gasteiger partial charge on any atom is 0.313 e. The third kappa shape index (κ3) is 3.84. The van der Waals surface area contributed by atoms with Crippen molar-refractivity contribution in [1.29, 1.82) is 0 Å². The summed E-state index contributed by atoms with van der Waals surface area (Å²) in [5, 5.41) is 0. The highest BCUT2D eigenvalue weighted by Crippen LogP contribution is 2.27. The zero-order valence-electron chi connectivity index (χ0n) is 10.9. The zero-order valence-corrected chi connectivity index (χ0v) is 10.9. The summed E-state index contributed by atoms with van der Waals surface area (Å²) in [4.78, 5) is 23.2. The van der Waals surface area contributed by atoms with Gasteiger partial charge in [-0.25, -0.2) is 8.78 Å². The van der Waals surface area contributed by atoms with E-state index in [-0.39, 0.29) is 18.6 Å². The number of rotatable bonds is 6. The lowest BCUT2D eigenvalue weighted by Gasteiger charge is -2.15.